The number of aldehydes is 1. The third-order valence-corrected chi connectivity index (χ3v) is 3.30. The fourth-order valence-electron chi connectivity index (χ4n) is 1.93. The summed E-state index contributed by atoms with van der Waals surface area (Å²) in [6.07, 6.45) is 0.836. The van der Waals surface area contributed by atoms with Crippen LogP contribution in [0.1, 0.15) is 21.7 Å². The summed E-state index contributed by atoms with van der Waals surface area (Å²) in [5.41, 5.74) is 3.22. The molecule has 0 amide bonds. The van der Waals surface area contributed by atoms with Crippen LogP contribution in [0.2, 0.25) is 0 Å². The van der Waals surface area contributed by atoms with Gasteiger partial charge < -0.3 is 4.74 Å². The Bertz CT molecular complexity index is 575. The van der Waals surface area contributed by atoms with E-state index in [9.17, 15) is 4.79 Å². The summed E-state index contributed by atoms with van der Waals surface area (Å²) in [5, 5.41) is 4.41. The van der Waals surface area contributed by atoms with Crippen LogP contribution in [-0.2, 0) is 18.0 Å². The second-order valence-corrected chi connectivity index (χ2v) is 4.73. The molecule has 3 rings (SSSR count). The van der Waals surface area contributed by atoms with Crippen molar-refractivity contribution in [3.05, 3.63) is 45.7 Å². The predicted molar refractivity (Wildman–Crippen MR) is 65.1 cm³/mol. The maximum absolute atomic E-state index is 11.2. The number of rotatable bonds is 2. The molecule has 1 aromatic heterocycles. The van der Waals surface area contributed by atoms with Crippen molar-refractivity contribution in [3.63, 3.8) is 0 Å². The first-order valence-electron chi connectivity index (χ1n) is 5.19. The molecule has 0 N–H and O–H groups in total. The first-order valence-corrected chi connectivity index (χ1v) is 5.98. The molecular formula is C12H9BrN2O2. The maximum atomic E-state index is 11.2. The van der Waals surface area contributed by atoms with Crippen molar-refractivity contribution >= 4 is 22.2 Å². The van der Waals surface area contributed by atoms with E-state index in [4.69, 9.17) is 4.74 Å². The van der Waals surface area contributed by atoms with E-state index in [1.54, 1.807) is 4.68 Å². The van der Waals surface area contributed by atoms with Gasteiger partial charge in [-0.2, -0.15) is 5.10 Å². The van der Waals surface area contributed by atoms with E-state index in [2.05, 4.69) is 21.0 Å². The Kier molecular flexibility index (Phi) is 2.57. The summed E-state index contributed by atoms with van der Waals surface area (Å²) in [6, 6.07) is 7.68. The van der Waals surface area contributed by atoms with Crippen molar-refractivity contribution in [1.29, 1.82) is 0 Å². The van der Waals surface area contributed by atoms with E-state index in [0.29, 0.717) is 18.9 Å². The smallest absolute Gasteiger partial charge is 0.168 e. The van der Waals surface area contributed by atoms with Gasteiger partial charge in [0.2, 0.25) is 0 Å². The molecule has 17 heavy (non-hydrogen) atoms. The molecule has 0 spiro atoms. The van der Waals surface area contributed by atoms with E-state index in [1.807, 2.05) is 24.3 Å². The van der Waals surface area contributed by atoms with Gasteiger partial charge in [0.1, 0.15) is 5.69 Å². The monoisotopic (exact) mass is 292 g/mol. The van der Waals surface area contributed by atoms with Crippen LogP contribution in [-0.4, -0.2) is 16.1 Å². The Hall–Kier alpha value is -1.46. The average Bonchev–Trinajstić information content (AvgIpc) is 2.89. The Morgan fingerprint density at radius 1 is 1.29 bits per heavy atom. The minimum Gasteiger partial charge on any atom is -0.370 e. The lowest BCUT2D eigenvalue weighted by atomic mass is 10.2. The quantitative estimate of drug-likeness (QED) is 0.799. The number of benzene rings is 1. The number of hydrogen-bond acceptors (Lipinski definition) is 3. The Morgan fingerprint density at radius 2 is 2.06 bits per heavy atom. The van der Waals surface area contributed by atoms with E-state index in [-0.39, 0.29) is 0 Å². The van der Waals surface area contributed by atoms with Crippen molar-refractivity contribution in [2.45, 2.75) is 13.2 Å². The second kappa shape index (κ2) is 4.09. The molecule has 1 aromatic carbocycles. The summed E-state index contributed by atoms with van der Waals surface area (Å²) in [7, 11) is 0. The number of aromatic nitrogens is 2. The number of hydrogen-bond donors (Lipinski definition) is 0. The minimum absolute atomic E-state index is 0.472. The molecule has 5 heteroatoms. The maximum Gasteiger partial charge on any atom is 0.168 e. The van der Waals surface area contributed by atoms with Crippen LogP contribution in [0.5, 0.6) is 0 Å². The molecular weight excluding hydrogens is 284 g/mol. The van der Waals surface area contributed by atoms with Crippen molar-refractivity contribution in [2.24, 2.45) is 0 Å². The number of fused-ring (bicyclic) bond motifs is 1. The zero-order valence-corrected chi connectivity index (χ0v) is 10.5. The van der Waals surface area contributed by atoms with Crippen LogP contribution in [0.25, 0.3) is 5.69 Å². The van der Waals surface area contributed by atoms with Crippen molar-refractivity contribution < 1.29 is 9.53 Å². The molecule has 0 saturated heterocycles. The molecule has 0 bridgehead atoms. The number of ether oxygens (including phenoxy) is 1. The SMILES string of the molecule is O=Cc1c2c(nn1-c1ccc(Br)cc1)COC2. The van der Waals surface area contributed by atoms with Crippen LogP contribution in [0.4, 0.5) is 0 Å². The average molecular weight is 293 g/mol. The molecule has 2 aromatic rings. The van der Waals surface area contributed by atoms with Gasteiger partial charge in [0.25, 0.3) is 0 Å². The van der Waals surface area contributed by atoms with Gasteiger partial charge in [-0.1, -0.05) is 15.9 Å². The van der Waals surface area contributed by atoms with Gasteiger partial charge in [0, 0.05) is 10.0 Å². The minimum atomic E-state index is 0.472. The highest BCUT2D eigenvalue weighted by Crippen LogP contribution is 2.24. The molecule has 1 aliphatic heterocycles. The van der Waals surface area contributed by atoms with E-state index >= 15 is 0 Å². The van der Waals surface area contributed by atoms with Gasteiger partial charge in [-0.05, 0) is 24.3 Å². The zero-order valence-electron chi connectivity index (χ0n) is 8.89. The lowest BCUT2D eigenvalue weighted by Crippen LogP contribution is -2.03. The Balaban J connectivity index is 2.15. The zero-order chi connectivity index (χ0) is 11.8. The summed E-state index contributed by atoms with van der Waals surface area (Å²) in [4.78, 5) is 11.2. The Morgan fingerprint density at radius 3 is 2.76 bits per heavy atom. The van der Waals surface area contributed by atoms with Gasteiger partial charge in [-0.15, -0.1) is 0 Å². The number of halogens is 1. The normalized spacial score (nSPS) is 13.7. The molecule has 2 heterocycles. The highest BCUT2D eigenvalue weighted by molar-refractivity contribution is 9.10. The van der Waals surface area contributed by atoms with Gasteiger partial charge in [-0.3, -0.25) is 4.79 Å². The van der Waals surface area contributed by atoms with E-state index in [0.717, 1.165) is 27.7 Å². The van der Waals surface area contributed by atoms with Crippen molar-refractivity contribution in [2.75, 3.05) is 0 Å². The standard InChI is InChI=1S/C12H9BrN2O2/c13-8-1-3-9(4-2-8)15-12(5-16)10-6-17-7-11(10)14-15/h1-5H,6-7H2. The molecule has 0 radical (unpaired) electrons. The molecule has 0 saturated carbocycles. The molecule has 86 valence electrons. The third-order valence-electron chi connectivity index (χ3n) is 2.77. The summed E-state index contributed by atoms with van der Waals surface area (Å²) in [5.74, 6) is 0. The summed E-state index contributed by atoms with van der Waals surface area (Å²) in [6.45, 7) is 0.958. The topological polar surface area (TPSA) is 44.1 Å². The molecule has 0 atom stereocenters. The second-order valence-electron chi connectivity index (χ2n) is 3.81. The summed E-state index contributed by atoms with van der Waals surface area (Å²) < 4.78 is 7.94. The fraction of sp³-hybridized carbons (Fsp3) is 0.167. The van der Waals surface area contributed by atoms with E-state index in [1.165, 1.54) is 0 Å². The molecule has 0 fully saturated rings. The lowest BCUT2D eigenvalue weighted by Gasteiger charge is -2.04. The first kappa shape index (κ1) is 10.7. The number of nitrogens with zero attached hydrogens (tertiary/aromatic N) is 2. The predicted octanol–water partition coefficient (Wildman–Crippen LogP) is 2.48. The van der Waals surface area contributed by atoms with Crippen LogP contribution >= 0.6 is 15.9 Å². The first-order chi connectivity index (χ1) is 8.29. The number of carbonyl (C=O) groups excluding carboxylic acids is 1. The molecule has 1 aliphatic rings. The van der Waals surface area contributed by atoms with Gasteiger partial charge in [0.15, 0.2) is 6.29 Å². The number of carbonyl (C=O) groups is 1. The van der Waals surface area contributed by atoms with E-state index < -0.39 is 0 Å². The lowest BCUT2D eigenvalue weighted by molar-refractivity contribution is 0.110. The highest BCUT2D eigenvalue weighted by atomic mass is 79.9. The van der Waals surface area contributed by atoms with Crippen LogP contribution < -0.4 is 0 Å². The highest BCUT2D eigenvalue weighted by Gasteiger charge is 2.22. The van der Waals surface area contributed by atoms with Crippen LogP contribution in [0.3, 0.4) is 0 Å². The summed E-state index contributed by atoms with van der Waals surface area (Å²) >= 11 is 3.38. The largest absolute Gasteiger partial charge is 0.370 e. The fourth-order valence-corrected chi connectivity index (χ4v) is 2.20. The molecule has 4 nitrogen and oxygen atoms in total. The van der Waals surface area contributed by atoms with Crippen molar-refractivity contribution in [3.8, 4) is 5.69 Å². The van der Waals surface area contributed by atoms with Crippen LogP contribution in [0.15, 0.2) is 28.7 Å². The third kappa shape index (κ3) is 1.71. The van der Waals surface area contributed by atoms with Gasteiger partial charge in [0.05, 0.1) is 24.6 Å². The van der Waals surface area contributed by atoms with Crippen molar-refractivity contribution in [1.82, 2.24) is 9.78 Å². The van der Waals surface area contributed by atoms with Gasteiger partial charge >= 0.3 is 0 Å². The Labute approximate surface area is 106 Å². The molecule has 0 aliphatic carbocycles. The van der Waals surface area contributed by atoms with Crippen LogP contribution in [0, 0.1) is 0 Å². The van der Waals surface area contributed by atoms with Gasteiger partial charge in [-0.25, -0.2) is 4.68 Å². The molecule has 0 unspecified atom stereocenters.